The lowest BCUT2D eigenvalue weighted by atomic mass is 10.0. The summed E-state index contributed by atoms with van der Waals surface area (Å²) >= 11 is 0. The van der Waals surface area contributed by atoms with E-state index in [1.54, 1.807) is 0 Å². The van der Waals surface area contributed by atoms with Crippen molar-refractivity contribution in [3.05, 3.63) is 36.4 Å². The van der Waals surface area contributed by atoms with E-state index in [1.807, 2.05) is 24.3 Å². The summed E-state index contributed by atoms with van der Waals surface area (Å²) in [5.41, 5.74) is 1.36. The minimum atomic E-state index is -0.0306. The molecule has 5 nitrogen and oxygen atoms in total. The van der Waals surface area contributed by atoms with Gasteiger partial charge in [-0.25, -0.2) is 0 Å². The maximum absolute atomic E-state index is 10.1. The summed E-state index contributed by atoms with van der Waals surface area (Å²) in [5, 5.41) is 25.4. The van der Waals surface area contributed by atoms with Crippen molar-refractivity contribution in [2.24, 2.45) is 0 Å². The maximum Gasteiger partial charge on any atom is 0.134 e. The van der Waals surface area contributed by atoms with Gasteiger partial charge in [0.2, 0.25) is 0 Å². The molecule has 2 rings (SSSR count). The minimum Gasteiger partial charge on any atom is -0.508 e. The molecule has 150 valence electrons. The molecule has 2 aromatic rings. The van der Waals surface area contributed by atoms with E-state index in [1.165, 1.54) is 58.5 Å². The van der Waals surface area contributed by atoms with E-state index in [0.717, 1.165) is 24.3 Å². The number of aromatic hydroxyl groups is 2. The van der Waals surface area contributed by atoms with E-state index >= 15 is 0 Å². The number of hydrogen-bond donors (Lipinski definition) is 2. The van der Waals surface area contributed by atoms with Gasteiger partial charge in [0.25, 0.3) is 0 Å². The van der Waals surface area contributed by atoms with Crippen LogP contribution in [0, 0.1) is 0 Å². The van der Waals surface area contributed by atoms with Crippen molar-refractivity contribution in [3.63, 3.8) is 0 Å². The third-order valence-corrected chi connectivity index (χ3v) is 4.20. The molecule has 0 aromatic heterocycles. The summed E-state index contributed by atoms with van der Waals surface area (Å²) in [6.07, 6.45) is 7.44. The largest absolute Gasteiger partial charge is 0.508 e. The third kappa shape index (κ3) is 7.39. The molecular weight excluding hydrogens is 344 g/mol. The predicted molar refractivity (Wildman–Crippen MR) is 110 cm³/mol. The number of phenols is 2. The topological polar surface area (TPSA) is 81.8 Å². The molecule has 0 aliphatic rings. The average molecular weight is 378 g/mol. The number of benzene rings is 2. The first-order valence-corrected chi connectivity index (χ1v) is 9.49. The Labute approximate surface area is 162 Å². The van der Waals surface area contributed by atoms with Gasteiger partial charge < -0.3 is 24.8 Å². The lowest BCUT2D eigenvalue weighted by Crippen LogP contribution is -1.97. The fraction of sp³-hybridized carbons (Fsp3) is 0.455. The summed E-state index contributed by atoms with van der Waals surface area (Å²) in [4.78, 5) is 0. The Hall–Kier alpha value is -2.40. The van der Waals surface area contributed by atoms with Crippen LogP contribution in [0.2, 0.25) is 0 Å². The standard InChI is InChI=1S/C21H28O4.CH4O/c1-3-4-5-6-7-8-13-25-18-11-9-16(10-12-18)21-19(23)14-17(22)15-20(21)24-2;1-2/h9-12,14-15,22-23H,3-8,13H2,1-2H3;2H,1H3/p+1. The summed E-state index contributed by atoms with van der Waals surface area (Å²) in [5.74, 6) is 1.20. The monoisotopic (exact) mass is 377 g/mol. The highest BCUT2D eigenvalue weighted by Crippen LogP contribution is 2.41. The highest BCUT2D eigenvalue weighted by Gasteiger charge is 2.13. The van der Waals surface area contributed by atoms with Gasteiger partial charge in [0, 0.05) is 12.1 Å². The zero-order valence-corrected chi connectivity index (χ0v) is 16.6. The van der Waals surface area contributed by atoms with Crippen LogP contribution >= 0.6 is 0 Å². The second-order valence-electron chi connectivity index (χ2n) is 6.18. The smallest absolute Gasteiger partial charge is 0.134 e. The molecule has 0 aliphatic carbocycles. The summed E-state index contributed by atoms with van der Waals surface area (Å²) in [7, 11) is 2.76. The van der Waals surface area contributed by atoms with E-state index in [2.05, 4.69) is 6.92 Å². The second-order valence-corrected chi connectivity index (χ2v) is 6.18. The van der Waals surface area contributed by atoms with Crippen LogP contribution in [0.15, 0.2) is 36.4 Å². The van der Waals surface area contributed by atoms with Gasteiger partial charge in [-0.1, -0.05) is 51.2 Å². The Kier molecular flexibility index (Phi) is 10.8. The second kappa shape index (κ2) is 12.9. The molecule has 0 fully saturated rings. The zero-order valence-electron chi connectivity index (χ0n) is 16.6. The fourth-order valence-corrected chi connectivity index (χ4v) is 2.83. The van der Waals surface area contributed by atoms with E-state index in [4.69, 9.17) is 14.6 Å². The molecule has 0 atom stereocenters. The Morgan fingerprint density at radius 3 is 2.15 bits per heavy atom. The number of ether oxygens (including phenoxy) is 2. The van der Waals surface area contributed by atoms with Gasteiger partial charge in [-0.2, -0.15) is 0 Å². The van der Waals surface area contributed by atoms with Crippen LogP contribution in [0.3, 0.4) is 0 Å². The van der Waals surface area contributed by atoms with Crippen LogP contribution in [0.5, 0.6) is 23.0 Å². The number of unbranched alkanes of at least 4 members (excludes halogenated alkanes) is 5. The third-order valence-electron chi connectivity index (χ3n) is 4.20. The van der Waals surface area contributed by atoms with Crippen molar-refractivity contribution in [2.75, 3.05) is 20.8 Å². The van der Waals surface area contributed by atoms with Gasteiger partial charge >= 0.3 is 0 Å². The van der Waals surface area contributed by atoms with Crippen molar-refractivity contribution >= 4 is 0 Å². The van der Waals surface area contributed by atoms with E-state index in [-0.39, 0.29) is 11.5 Å². The van der Waals surface area contributed by atoms with E-state index in [0.29, 0.717) is 11.3 Å². The molecule has 27 heavy (non-hydrogen) atoms. The normalized spacial score (nSPS) is 10.1. The lowest BCUT2D eigenvalue weighted by molar-refractivity contribution is 0.304. The van der Waals surface area contributed by atoms with Crippen LogP contribution in [0.1, 0.15) is 45.4 Å². The molecule has 0 aliphatic heterocycles. The highest BCUT2D eigenvalue weighted by atomic mass is 16.5. The molecule has 5 heteroatoms. The molecular formula is C22H33O5+. The molecule has 0 heterocycles. The molecule has 0 spiro atoms. The minimum absolute atomic E-state index is 0.0161. The van der Waals surface area contributed by atoms with Crippen LogP contribution < -0.4 is 9.47 Å². The fourth-order valence-electron chi connectivity index (χ4n) is 2.83. The van der Waals surface area contributed by atoms with Gasteiger partial charge in [0.05, 0.1) is 19.3 Å². The summed E-state index contributed by atoms with van der Waals surface area (Å²) < 4.78 is 11.0. The Bertz CT molecular complexity index is 652. The molecule has 0 unspecified atom stereocenters. The first-order chi connectivity index (χ1) is 13.2. The first-order valence-electron chi connectivity index (χ1n) is 9.49. The van der Waals surface area contributed by atoms with Gasteiger partial charge in [-0.05, 0) is 24.1 Å². The average Bonchev–Trinajstić information content (AvgIpc) is 2.69. The number of rotatable bonds is 10. The molecule has 0 saturated heterocycles. The van der Waals surface area contributed by atoms with E-state index < -0.39 is 0 Å². The van der Waals surface area contributed by atoms with Crippen LogP contribution in [0.25, 0.3) is 11.1 Å². The molecule has 0 saturated carbocycles. The van der Waals surface area contributed by atoms with Crippen molar-refractivity contribution in [1.82, 2.24) is 0 Å². The molecule has 0 bridgehead atoms. The van der Waals surface area contributed by atoms with Gasteiger partial charge in [-0.3, -0.25) is 0 Å². The molecule has 0 radical (unpaired) electrons. The van der Waals surface area contributed by atoms with E-state index in [9.17, 15) is 10.2 Å². The number of methoxy groups -OCH3 is 1. The van der Waals surface area contributed by atoms with Crippen LogP contribution in [0.4, 0.5) is 0 Å². The van der Waals surface area contributed by atoms with Crippen molar-refractivity contribution in [2.45, 2.75) is 45.4 Å². The molecule has 0 amide bonds. The molecule has 4 N–H and O–H groups in total. The number of phenolic OH excluding ortho intramolecular Hbond substituents is 2. The van der Waals surface area contributed by atoms with Crippen LogP contribution in [-0.2, 0) is 0 Å². The first kappa shape index (κ1) is 22.6. The van der Waals surface area contributed by atoms with Gasteiger partial charge in [-0.15, -0.1) is 0 Å². The summed E-state index contributed by atoms with van der Waals surface area (Å²) in [6.45, 7) is 2.94. The summed E-state index contributed by atoms with van der Waals surface area (Å²) in [6, 6.07) is 10.3. The van der Waals surface area contributed by atoms with Gasteiger partial charge in [0.1, 0.15) is 30.1 Å². The lowest BCUT2D eigenvalue weighted by Gasteiger charge is -2.12. The van der Waals surface area contributed by atoms with Crippen molar-refractivity contribution in [3.8, 4) is 34.1 Å². The van der Waals surface area contributed by atoms with Crippen molar-refractivity contribution in [1.29, 1.82) is 0 Å². The zero-order chi connectivity index (χ0) is 20.1. The predicted octanol–water partition coefficient (Wildman–Crippen LogP) is 4.85. The Balaban J connectivity index is 0.00000176. The maximum atomic E-state index is 10.1. The molecule has 2 aromatic carbocycles. The van der Waals surface area contributed by atoms with Gasteiger partial charge in [0.15, 0.2) is 0 Å². The highest BCUT2D eigenvalue weighted by molar-refractivity contribution is 5.78. The Morgan fingerprint density at radius 1 is 0.889 bits per heavy atom. The van der Waals surface area contributed by atoms with Crippen molar-refractivity contribution < 1.29 is 24.8 Å². The number of hydrogen-bond acceptors (Lipinski definition) is 4. The Morgan fingerprint density at radius 2 is 1.52 bits per heavy atom. The SMILES string of the molecule is CCCCCCCCOc1ccc(-c2c(O)cc(O)cc2OC)cc1.C[OH2+]. The van der Waals surface area contributed by atoms with Crippen LogP contribution in [-0.4, -0.2) is 36.1 Å². The quantitative estimate of drug-likeness (QED) is 0.458.